The van der Waals surface area contributed by atoms with Gasteiger partial charge in [0.1, 0.15) is 12.4 Å². The molecule has 0 aliphatic heterocycles. The molecule has 0 spiro atoms. The number of carbonyl (C=O) groups is 1. The molecule has 0 N–H and O–H groups in total. The summed E-state index contributed by atoms with van der Waals surface area (Å²) in [5, 5.41) is 8.08. The van der Waals surface area contributed by atoms with Crippen LogP contribution in [-0.4, -0.2) is 48.4 Å². The van der Waals surface area contributed by atoms with Gasteiger partial charge in [-0.3, -0.25) is 0 Å². The van der Waals surface area contributed by atoms with Gasteiger partial charge >= 0.3 is 5.97 Å². The summed E-state index contributed by atoms with van der Waals surface area (Å²) in [4.78, 5) is 11.7. The Morgan fingerprint density at radius 3 is 2.82 bits per heavy atom. The van der Waals surface area contributed by atoms with Crippen LogP contribution in [0.2, 0.25) is 0 Å². The summed E-state index contributed by atoms with van der Waals surface area (Å²) in [6.07, 6.45) is 1.76. The summed E-state index contributed by atoms with van der Waals surface area (Å²) >= 11 is 0. The highest BCUT2D eigenvalue weighted by atomic mass is 16.5. The van der Waals surface area contributed by atoms with Gasteiger partial charge in [-0.25, -0.2) is 9.48 Å². The number of carbonyl (C=O) groups excluding carboxylic acids is 1. The number of nitrogens with zero attached hydrogens (tertiary/aromatic N) is 3. The van der Waals surface area contributed by atoms with Crippen molar-refractivity contribution in [3.8, 4) is 11.3 Å². The summed E-state index contributed by atoms with van der Waals surface area (Å²) in [5.41, 5.74) is 2.84. The van der Waals surface area contributed by atoms with Gasteiger partial charge in [0.25, 0.3) is 0 Å². The highest BCUT2D eigenvalue weighted by Gasteiger charge is 2.12. The van der Waals surface area contributed by atoms with Crippen molar-refractivity contribution in [3.05, 3.63) is 35.5 Å². The van der Waals surface area contributed by atoms with Crippen LogP contribution >= 0.6 is 0 Å². The lowest BCUT2D eigenvalue weighted by Crippen LogP contribution is -2.07. The fraction of sp³-hybridized carbons (Fsp3) is 0.400. The highest BCUT2D eigenvalue weighted by Crippen LogP contribution is 2.20. The van der Waals surface area contributed by atoms with Gasteiger partial charge in [0.05, 0.1) is 32.1 Å². The van der Waals surface area contributed by atoms with Gasteiger partial charge in [-0.15, -0.1) is 5.10 Å². The van der Waals surface area contributed by atoms with Crippen molar-refractivity contribution in [1.82, 2.24) is 15.0 Å². The molecule has 118 valence electrons. The number of rotatable bonds is 7. The van der Waals surface area contributed by atoms with Gasteiger partial charge in [0.15, 0.2) is 0 Å². The standard InChI is InChI=1S/C15H19N3O4/c1-11-4-5-12(8-13(11)15(19)21-3)14-9-18(17-16-14)10-22-7-6-20-2/h4-5,8-9H,6-7,10H2,1-3H3. The van der Waals surface area contributed by atoms with Gasteiger partial charge in [0.2, 0.25) is 0 Å². The molecule has 0 unspecified atom stereocenters. The van der Waals surface area contributed by atoms with Crippen LogP contribution in [0.3, 0.4) is 0 Å². The lowest BCUT2D eigenvalue weighted by molar-refractivity contribution is 0.0281. The molecule has 0 aliphatic carbocycles. The molecule has 2 rings (SSSR count). The summed E-state index contributed by atoms with van der Waals surface area (Å²) < 4.78 is 16.6. The molecule has 0 bridgehead atoms. The first-order valence-electron chi connectivity index (χ1n) is 6.82. The quantitative estimate of drug-likeness (QED) is 0.572. The first-order valence-corrected chi connectivity index (χ1v) is 6.82. The average Bonchev–Trinajstić information content (AvgIpc) is 3.00. The van der Waals surface area contributed by atoms with E-state index >= 15 is 0 Å². The van der Waals surface area contributed by atoms with E-state index in [0.717, 1.165) is 11.1 Å². The summed E-state index contributed by atoms with van der Waals surface area (Å²) in [5.74, 6) is -0.366. The molecule has 0 fully saturated rings. The Balaban J connectivity index is 2.12. The fourth-order valence-corrected chi connectivity index (χ4v) is 1.91. The fourth-order valence-electron chi connectivity index (χ4n) is 1.91. The number of benzene rings is 1. The van der Waals surface area contributed by atoms with Gasteiger partial charge in [-0.05, 0) is 18.6 Å². The maximum atomic E-state index is 11.7. The van der Waals surface area contributed by atoms with Crippen LogP contribution in [0.1, 0.15) is 15.9 Å². The molecule has 7 nitrogen and oxygen atoms in total. The first-order chi connectivity index (χ1) is 10.7. The Kier molecular flexibility index (Phi) is 5.62. The lowest BCUT2D eigenvalue weighted by atomic mass is 10.0. The lowest BCUT2D eigenvalue weighted by Gasteiger charge is -2.05. The molecular formula is C15H19N3O4. The molecule has 7 heteroatoms. The number of ether oxygens (including phenoxy) is 3. The minimum Gasteiger partial charge on any atom is -0.465 e. The third kappa shape index (κ3) is 3.90. The van der Waals surface area contributed by atoms with Crippen molar-refractivity contribution in [2.75, 3.05) is 27.4 Å². The molecule has 0 atom stereocenters. The van der Waals surface area contributed by atoms with E-state index in [2.05, 4.69) is 10.3 Å². The van der Waals surface area contributed by atoms with Crippen LogP contribution in [0.15, 0.2) is 24.4 Å². The summed E-state index contributed by atoms with van der Waals surface area (Å²) in [7, 11) is 2.98. The topological polar surface area (TPSA) is 75.5 Å². The maximum absolute atomic E-state index is 11.7. The van der Waals surface area contributed by atoms with E-state index in [-0.39, 0.29) is 5.97 Å². The van der Waals surface area contributed by atoms with E-state index in [9.17, 15) is 4.79 Å². The third-order valence-electron chi connectivity index (χ3n) is 3.13. The van der Waals surface area contributed by atoms with Crippen LogP contribution in [0.5, 0.6) is 0 Å². The molecule has 0 aliphatic rings. The molecule has 0 radical (unpaired) electrons. The smallest absolute Gasteiger partial charge is 0.338 e. The van der Waals surface area contributed by atoms with Crippen LogP contribution in [0, 0.1) is 6.92 Å². The number of esters is 1. The number of aromatic nitrogens is 3. The molecule has 0 saturated carbocycles. The monoisotopic (exact) mass is 305 g/mol. The molecule has 1 aromatic heterocycles. The number of hydrogen-bond donors (Lipinski definition) is 0. The van der Waals surface area contributed by atoms with Crippen molar-refractivity contribution in [2.24, 2.45) is 0 Å². The van der Waals surface area contributed by atoms with E-state index < -0.39 is 0 Å². The zero-order valence-electron chi connectivity index (χ0n) is 12.9. The predicted molar refractivity (Wildman–Crippen MR) is 79.4 cm³/mol. The molecule has 22 heavy (non-hydrogen) atoms. The van der Waals surface area contributed by atoms with Crippen molar-refractivity contribution in [3.63, 3.8) is 0 Å². The molecule has 1 aromatic carbocycles. The molecule has 0 saturated heterocycles. The molecular weight excluding hydrogens is 286 g/mol. The second kappa shape index (κ2) is 7.67. The zero-order chi connectivity index (χ0) is 15.9. The van der Waals surface area contributed by atoms with Gasteiger partial charge < -0.3 is 14.2 Å². The number of aryl methyl sites for hydroxylation is 1. The Hall–Kier alpha value is -2.25. The van der Waals surface area contributed by atoms with Crippen molar-refractivity contribution in [1.29, 1.82) is 0 Å². The van der Waals surface area contributed by atoms with Crippen LogP contribution in [0.4, 0.5) is 0 Å². The maximum Gasteiger partial charge on any atom is 0.338 e. The SMILES string of the molecule is COCCOCn1cc(-c2ccc(C)c(C(=O)OC)c2)nn1. The molecule has 0 amide bonds. The van der Waals surface area contributed by atoms with Crippen molar-refractivity contribution >= 4 is 5.97 Å². The van der Waals surface area contributed by atoms with Gasteiger partial charge in [-0.1, -0.05) is 17.3 Å². The minimum absolute atomic E-state index is 0.298. The molecule has 1 heterocycles. The summed E-state index contributed by atoms with van der Waals surface area (Å²) in [6.45, 7) is 3.17. The van der Waals surface area contributed by atoms with E-state index in [4.69, 9.17) is 14.2 Å². The van der Waals surface area contributed by atoms with E-state index in [1.165, 1.54) is 7.11 Å². The Morgan fingerprint density at radius 2 is 2.09 bits per heavy atom. The average molecular weight is 305 g/mol. The van der Waals surface area contributed by atoms with Crippen LogP contribution in [-0.2, 0) is 20.9 Å². The Labute approximate surface area is 128 Å². The third-order valence-corrected chi connectivity index (χ3v) is 3.13. The first kappa shape index (κ1) is 16.1. The Bertz CT molecular complexity index is 639. The number of hydrogen-bond acceptors (Lipinski definition) is 6. The van der Waals surface area contributed by atoms with Crippen LogP contribution in [0.25, 0.3) is 11.3 Å². The number of methoxy groups -OCH3 is 2. The van der Waals surface area contributed by atoms with E-state index in [0.29, 0.717) is 31.2 Å². The van der Waals surface area contributed by atoms with E-state index in [1.54, 1.807) is 24.1 Å². The van der Waals surface area contributed by atoms with E-state index in [1.807, 2.05) is 19.1 Å². The summed E-state index contributed by atoms with van der Waals surface area (Å²) in [6, 6.07) is 5.50. The normalized spacial score (nSPS) is 10.7. The predicted octanol–water partition coefficient (Wildman–Crippen LogP) is 1.66. The second-order valence-corrected chi connectivity index (χ2v) is 4.69. The minimum atomic E-state index is -0.366. The van der Waals surface area contributed by atoms with Crippen molar-refractivity contribution in [2.45, 2.75) is 13.7 Å². The van der Waals surface area contributed by atoms with Crippen LogP contribution < -0.4 is 0 Å². The molecule has 2 aromatic rings. The van der Waals surface area contributed by atoms with Crippen molar-refractivity contribution < 1.29 is 19.0 Å². The highest BCUT2D eigenvalue weighted by molar-refractivity contribution is 5.92. The second-order valence-electron chi connectivity index (χ2n) is 4.69. The zero-order valence-corrected chi connectivity index (χ0v) is 12.9. The largest absolute Gasteiger partial charge is 0.465 e. The van der Waals surface area contributed by atoms with Gasteiger partial charge in [0, 0.05) is 12.7 Å². The Morgan fingerprint density at radius 1 is 1.27 bits per heavy atom. The van der Waals surface area contributed by atoms with Gasteiger partial charge in [-0.2, -0.15) is 0 Å².